The molecule has 0 aliphatic rings. The summed E-state index contributed by atoms with van der Waals surface area (Å²) >= 11 is 5.60. The van der Waals surface area contributed by atoms with Crippen molar-refractivity contribution in [2.75, 3.05) is 0 Å². The molecule has 0 heterocycles. The standard InChI is InChI=1S/C23H24ClFO4/c1-2-3-4-5-6-7-8-9-22(26)28-18-12-10-17(11-13-18)23(27)29-19-14-15-20(24)21(25)16-19/h8-16H,2-7H2,1H3/b9-8+. The molecule has 0 aliphatic carbocycles. The molecule has 6 heteroatoms. The average Bonchev–Trinajstić information content (AvgIpc) is 2.70. The number of allylic oxidation sites excluding steroid dienone is 1. The molecule has 0 saturated carbocycles. The molecule has 0 aromatic heterocycles. The van der Waals surface area contributed by atoms with Crippen LogP contribution in [-0.4, -0.2) is 11.9 Å². The summed E-state index contributed by atoms with van der Waals surface area (Å²) in [6.07, 6.45) is 9.95. The van der Waals surface area contributed by atoms with Crippen molar-refractivity contribution in [2.24, 2.45) is 0 Å². The van der Waals surface area contributed by atoms with Crippen LogP contribution in [-0.2, 0) is 4.79 Å². The number of carbonyl (C=O) groups is 2. The largest absolute Gasteiger partial charge is 0.423 e. The van der Waals surface area contributed by atoms with E-state index in [1.807, 2.05) is 6.08 Å². The molecule has 0 N–H and O–H groups in total. The van der Waals surface area contributed by atoms with Crippen molar-refractivity contribution in [2.45, 2.75) is 45.4 Å². The summed E-state index contributed by atoms with van der Waals surface area (Å²) in [5, 5.41) is -0.0542. The van der Waals surface area contributed by atoms with E-state index in [0.717, 1.165) is 25.3 Å². The molecule has 0 radical (unpaired) electrons. The van der Waals surface area contributed by atoms with Gasteiger partial charge in [0.1, 0.15) is 17.3 Å². The van der Waals surface area contributed by atoms with Crippen molar-refractivity contribution in [3.8, 4) is 11.5 Å². The molecule has 2 rings (SSSR count). The number of hydrogen-bond acceptors (Lipinski definition) is 4. The summed E-state index contributed by atoms with van der Waals surface area (Å²) < 4.78 is 23.7. The van der Waals surface area contributed by atoms with Crippen LogP contribution in [0.1, 0.15) is 55.8 Å². The smallest absolute Gasteiger partial charge is 0.343 e. The van der Waals surface area contributed by atoms with Gasteiger partial charge in [-0.25, -0.2) is 14.0 Å². The molecular formula is C23H24ClFO4. The first-order valence-corrected chi connectivity index (χ1v) is 10.0. The first-order valence-electron chi connectivity index (χ1n) is 9.65. The highest BCUT2D eigenvalue weighted by Crippen LogP contribution is 2.22. The molecule has 0 unspecified atom stereocenters. The Labute approximate surface area is 175 Å². The molecule has 0 aliphatic heterocycles. The molecule has 0 fully saturated rings. The zero-order chi connectivity index (χ0) is 21.1. The molecule has 0 spiro atoms. The van der Waals surface area contributed by atoms with Crippen LogP contribution in [0.2, 0.25) is 5.02 Å². The number of hydrogen-bond donors (Lipinski definition) is 0. The van der Waals surface area contributed by atoms with Crippen molar-refractivity contribution in [3.63, 3.8) is 0 Å². The topological polar surface area (TPSA) is 52.6 Å². The SMILES string of the molecule is CCCCCCC/C=C/C(=O)Oc1ccc(C(=O)Oc2ccc(Cl)c(F)c2)cc1. The second kappa shape index (κ2) is 12.0. The highest BCUT2D eigenvalue weighted by atomic mass is 35.5. The Morgan fingerprint density at radius 2 is 1.66 bits per heavy atom. The fourth-order valence-corrected chi connectivity index (χ4v) is 2.68. The number of esters is 2. The Balaban J connectivity index is 1.80. The molecule has 0 bridgehead atoms. The molecule has 0 saturated heterocycles. The predicted molar refractivity (Wildman–Crippen MR) is 111 cm³/mol. The molecule has 0 amide bonds. The quantitative estimate of drug-likeness (QED) is 0.191. The maximum Gasteiger partial charge on any atom is 0.343 e. The molecule has 29 heavy (non-hydrogen) atoms. The number of ether oxygens (including phenoxy) is 2. The van der Waals surface area contributed by atoms with Crippen molar-refractivity contribution in [3.05, 3.63) is 71.0 Å². The molecule has 0 atom stereocenters. The summed E-state index contributed by atoms with van der Waals surface area (Å²) in [5.41, 5.74) is 0.239. The third kappa shape index (κ3) is 8.08. The third-order valence-corrected chi connectivity index (χ3v) is 4.44. The summed E-state index contributed by atoms with van der Waals surface area (Å²) in [7, 11) is 0. The van der Waals surface area contributed by atoms with Gasteiger partial charge in [0.25, 0.3) is 0 Å². The lowest BCUT2D eigenvalue weighted by Crippen LogP contribution is -2.09. The molecule has 154 valence electrons. The van der Waals surface area contributed by atoms with Gasteiger partial charge in [0, 0.05) is 12.1 Å². The monoisotopic (exact) mass is 418 g/mol. The maximum absolute atomic E-state index is 13.4. The van der Waals surface area contributed by atoms with Gasteiger partial charge in [-0.2, -0.15) is 0 Å². The number of rotatable bonds is 10. The zero-order valence-corrected chi connectivity index (χ0v) is 17.1. The summed E-state index contributed by atoms with van der Waals surface area (Å²) in [6, 6.07) is 9.66. The van der Waals surface area contributed by atoms with Crippen LogP contribution in [0, 0.1) is 5.82 Å². The minimum atomic E-state index is -0.673. The van der Waals surface area contributed by atoms with Gasteiger partial charge in [-0.05, 0) is 49.2 Å². The van der Waals surface area contributed by atoms with E-state index >= 15 is 0 Å². The number of benzene rings is 2. The van der Waals surface area contributed by atoms with Crippen molar-refractivity contribution < 1.29 is 23.5 Å². The van der Waals surface area contributed by atoms with Gasteiger partial charge in [-0.15, -0.1) is 0 Å². The summed E-state index contributed by atoms with van der Waals surface area (Å²) in [4.78, 5) is 23.9. The van der Waals surface area contributed by atoms with E-state index in [1.54, 1.807) is 0 Å². The lowest BCUT2D eigenvalue weighted by atomic mass is 10.1. The summed E-state index contributed by atoms with van der Waals surface area (Å²) in [5.74, 6) is -1.43. The van der Waals surface area contributed by atoms with E-state index in [4.69, 9.17) is 21.1 Å². The second-order valence-corrected chi connectivity index (χ2v) is 6.92. The fraction of sp³-hybridized carbons (Fsp3) is 0.304. The van der Waals surface area contributed by atoms with E-state index in [9.17, 15) is 14.0 Å². The first kappa shape index (κ1) is 22.6. The van der Waals surface area contributed by atoms with E-state index in [0.29, 0.717) is 5.75 Å². The van der Waals surface area contributed by atoms with E-state index in [1.165, 1.54) is 61.7 Å². The van der Waals surface area contributed by atoms with Crippen LogP contribution in [0.3, 0.4) is 0 Å². The fourth-order valence-electron chi connectivity index (χ4n) is 2.56. The maximum atomic E-state index is 13.4. The normalized spacial score (nSPS) is 10.9. The number of unbranched alkanes of at least 4 members (excludes halogenated alkanes) is 5. The highest BCUT2D eigenvalue weighted by Gasteiger charge is 2.11. The Hall–Kier alpha value is -2.66. The lowest BCUT2D eigenvalue weighted by molar-refractivity contribution is -0.129. The van der Waals surface area contributed by atoms with Gasteiger partial charge in [0.05, 0.1) is 10.6 Å². The molecular weight excluding hydrogens is 395 g/mol. The summed E-state index contributed by atoms with van der Waals surface area (Å²) in [6.45, 7) is 2.17. The second-order valence-electron chi connectivity index (χ2n) is 6.52. The minimum Gasteiger partial charge on any atom is -0.423 e. The van der Waals surface area contributed by atoms with Gasteiger partial charge in [-0.1, -0.05) is 50.3 Å². The van der Waals surface area contributed by atoms with Crippen LogP contribution in [0.5, 0.6) is 11.5 Å². The third-order valence-electron chi connectivity index (χ3n) is 4.14. The van der Waals surface area contributed by atoms with Crippen molar-refractivity contribution in [1.82, 2.24) is 0 Å². The minimum absolute atomic E-state index is 0.0484. The Kier molecular flexibility index (Phi) is 9.38. The number of halogens is 2. The van der Waals surface area contributed by atoms with Crippen LogP contribution >= 0.6 is 11.6 Å². The molecule has 2 aromatic rings. The molecule has 2 aromatic carbocycles. The van der Waals surface area contributed by atoms with E-state index < -0.39 is 17.8 Å². The van der Waals surface area contributed by atoms with Gasteiger partial charge < -0.3 is 9.47 Å². The van der Waals surface area contributed by atoms with Crippen LogP contribution in [0.15, 0.2) is 54.6 Å². The predicted octanol–water partition coefficient (Wildman–Crippen LogP) is 6.52. The Morgan fingerprint density at radius 1 is 0.966 bits per heavy atom. The van der Waals surface area contributed by atoms with E-state index in [-0.39, 0.29) is 16.3 Å². The van der Waals surface area contributed by atoms with Crippen LogP contribution < -0.4 is 9.47 Å². The zero-order valence-electron chi connectivity index (χ0n) is 16.3. The van der Waals surface area contributed by atoms with Gasteiger partial charge in [0.2, 0.25) is 0 Å². The van der Waals surface area contributed by atoms with Crippen LogP contribution in [0.4, 0.5) is 4.39 Å². The van der Waals surface area contributed by atoms with Gasteiger partial charge in [0.15, 0.2) is 0 Å². The highest BCUT2D eigenvalue weighted by molar-refractivity contribution is 6.30. The van der Waals surface area contributed by atoms with Gasteiger partial charge >= 0.3 is 11.9 Å². The Morgan fingerprint density at radius 3 is 2.34 bits per heavy atom. The number of carbonyl (C=O) groups excluding carboxylic acids is 2. The Bertz CT molecular complexity index is 846. The first-order chi connectivity index (χ1) is 14.0. The van der Waals surface area contributed by atoms with Crippen LogP contribution in [0.25, 0.3) is 0 Å². The van der Waals surface area contributed by atoms with Crippen molar-refractivity contribution in [1.29, 1.82) is 0 Å². The average molecular weight is 419 g/mol. The van der Waals surface area contributed by atoms with Gasteiger partial charge in [-0.3, -0.25) is 0 Å². The van der Waals surface area contributed by atoms with Crippen molar-refractivity contribution >= 4 is 23.5 Å². The molecule has 4 nitrogen and oxygen atoms in total. The van der Waals surface area contributed by atoms with E-state index in [2.05, 4.69) is 6.92 Å². The lowest BCUT2D eigenvalue weighted by Gasteiger charge is -2.06.